The molecule has 1 atom stereocenters. The molecule has 0 saturated carbocycles. The Bertz CT molecular complexity index is 576. The van der Waals surface area contributed by atoms with Crippen LogP contribution in [0.2, 0.25) is 0 Å². The van der Waals surface area contributed by atoms with Crippen molar-refractivity contribution in [2.45, 2.75) is 25.3 Å². The van der Waals surface area contributed by atoms with Gasteiger partial charge in [-0.15, -0.1) is 0 Å². The Morgan fingerprint density at radius 3 is 1.78 bits per heavy atom. The number of amides is 1. The summed E-state index contributed by atoms with van der Waals surface area (Å²) in [4.78, 5) is 22.9. The van der Waals surface area contributed by atoms with Gasteiger partial charge < -0.3 is 10.1 Å². The fourth-order valence-electron chi connectivity index (χ4n) is 1.65. The number of alkyl halides is 6. The molecule has 1 amide bonds. The van der Waals surface area contributed by atoms with E-state index in [0.717, 1.165) is 14.0 Å². The van der Waals surface area contributed by atoms with Crippen LogP contribution >= 0.6 is 0 Å². The van der Waals surface area contributed by atoms with Crippen molar-refractivity contribution in [3.05, 3.63) is 34.9 Å². The summed E-state index contributed by atoms with van der Waals surface area (Å²) in [6.45, 7) is 1.10. The number of ketones is 1. The van der Waals surface area contributed by atoms with Crippen molar-refractivity contribution in [2.75, 3.05) is 7.11 Å². The van der Waals surface area contributed by atoms with Crippen LogP contribution < -0.4 is 5.32 Å². The summed E-state index contributed by atoms with van der Waals surface area (Å²) >= 11 is 0. The van der Waals surface area contributed by atoms with E-state index in [-0.39, 0.29) is 6.07 Å². The number of nitrogens with one attached hydrogen (secondary N) is 1. The van der Waals surface area contributed by atoms with Crippen LogP contribution in [0, 0.1) is 0 Å². The highest BCUT2D eigenvalue weighted by Gasteiger charge is 2.37. The molecule has 0 aliphatic heterocycles. The molecule has 10 heteroatoms. The molecule has 1 N–H and O–H groups in total. The van der Waals surface area contributed by atoms with Crippen molar-refractivity contribution in [2.24, 2.45) is 0 Å². The van der Waals surface area contributed by atoms with Crippen molar-refractivity contribution < 1.29 is 40.7 Å². The molecule has 1 unspecified atom stereocenters. The van der Waals surface area contributed by atoms with Gasteiger partial charge in [-0.05, 0) is 25.1 Å². The minimum absolute atomic E-state index is 0.0881. The van der Waals surface area contributed by atoms with E-state index in [2.05, 4.69) is 4.74 Å². The highest BCUT2D eigenvalue weighted by molar-refractivity contribution is 6.01. The molecular weight excluding hydrogens is 332 g/mol. The zero-order valence-electron chi connectivity index (χ0n) is 11.8. The van der Waals surface area contributed by atoms with Crippen LogP contribution in [0.3, 0.4) is 0 Å². The van der Waals surface area contributed by atoms with Gasteiger partial charge in [0.05, 0.1) is 24.3 Å². The lowest BCUT2D eigenvalue weighted by atomic mass is 9.99. The zero-order chi connectivity index (χ0) is 18.0. The SMILES string of the molecule is COC(=O)NC(C)C(=O)c1cc(C(F)(F)F)cc(C(F)(F)F)c1. The highest BCUT2D eigenvalue weighted by atomic mass is 19.4. The Balaban J connectivity index is 3.29. The number of rotatable bonds is 3. The average Bonchev–Trinajstić information content (AvgIpc) is 2.43. The third-order valence-corrected chi connectivity index (χ3v) is 2.79. The van der Waals surface area contributed by atoms with Crippen molar-refractivity contribution >= 4 is 11.9 Å². The third-order valence-electron chi connectivity index (χ3n) is 2.79. The zero-order valence-corrected chi connectivity index (χ0v) is 11.8. The number of benzene rings is 1. The van der Waals surface area contributed by atoms with E-state index in [1.807, 2.05) is 5.32 Å². The number of hydrogen-bond acceptors (Lipinski definition) is 3. The first-order valence-electron chi connectivity index (χ1n) is 6.04. The number of alkyl carbamates (subject to hydrolysis) is 1. The Labute approximate surface area is 126 Å². The van der Waals surface area contributed by atoms with Gasteiger partial charge in [-0.1, -0.05) is 0 Å². The molecule has 4 nitrogen and oxygen atoms in total. The smallest absolute Gasteiger partial charge is 0.416 e. The van der Waals surface area contributed by atoms with Crippen LogP contribution in [0.1, 0.15) is 28.4 Å². The van der Waals surface area contributed by atoms with E-state index in [9.17, 15) is 35.9 Å². The maximum atomic E-state index is 12.7. The first-order chi connectivity index (χ1) is 10.4. The van der Waals surface area contributed by atoms with Crippen molar-refractivity contribution in [1.82, 2.24) is 5.32 Å². The minimum atomic E-state index is -5.06. The second-order valence-electron chi connectivity index (χ2n) is 4.52. The highest BCUT2D eigenvalue weighted by Crippen LogP contribution is 2.36. The van der Waals surface area contributed by atoms with Gasteiger partial charge in [-0.2, -0.15) is 26.3 Å². The van der Waals surface area contributed by atoms with Gasteiger partial charge in [0, 0.05) is 5.56 Å². The number of carbonyl (C=O) groups excluding carboxylic acids is 2. The van der Waals surface area contributed by atoms with E-state index >= 15 is 0 Å². The summed E-state index contributed by atoms with van der Waals surface area (Å²) in [6, 6.07) is -0.859. The third kappa shape index (κ3) is 4.86. The predicted octanol–water partition coefficient (Wildman–Crippen LogP) is 3.65. The second kappa shape index (κ2) is 6.47. The summed E-state index contributed by atoms with van der Waals surface area (Å²) in [6.07, 6.45) is -11.2. The summed E-state index contributed by atoms with van der Waals surface area (Å²) in [7, 11) is 0.985. The van der Waals surface area contributed by atoms with Crippen LogP contribution in [-0.4, -0.2) is 25.0 Å². The Hall–Kier alpha value is -2.26. The Morgan fingerprint density at radius 2 is 1.43 bits per heavy atom. The van der Waals surface area contributed by atoms with Crippen molar-refractivity contribution in [3.8, 4) is 0 Å². The molecular formula is C13H11F6NO3. The summed E-state index contributed by atoms with van der Waals surface area (Å²) in [5.74, 6) is -1.12. The number of halogens is 6. The maximum Gasteiger partial charge on any atom is 0.416 e. The Kier molecular flexibility index (Phi) is 5.28. The van der Waals surface area contributed by atoms with Gasteiger partial charge in [0.25, 0.3) is 0 Å². The largest absolute Gasteiger partial charge is 0.453 e. The lowest BCUT2D eigenvalue weighted by Gasteiger charge is -2.16. The standard InChI is InChI=1S/C13H11F6NO3/c1-6(20-11(22)23-2)10(21)7-3-8(12(14,15)16)5-9(4-7)13(17,18)19/h3-6H,1-2H3,(H,20,22). The van der Waals surface area contributed by atoms with Gasteiger partial charge in [-0.25, -0.2) is 4.79 Å². The molecule has 23 heavy (non-hydrogen) atoms. The van der Waals surface area contributed by atoms with E-state index < -0.39 is 47.0 Å². The van der Waals surface area contributed by atoms with Crippen LogP contribution in [0.5, 0.6) is 0 Å². The average molecular weight is 343 g/mol. The Morgan fingerprint density at radius 1 is 1.00 bits per heavy atom. The summed E-state index contributed by atoms with van der Waals surface area (Å²) < 4.78 is 80.4. The number of hydrogen-bond donors (Lipinski definition) is 1. The van der Waals surface area contributed by atoms with Crippen LogP contribution in [0.15, 0.2) is 18.2 Å². The van der Waals surface area contributed by atoms with E-state index in [0.29, 0.717) is 12.1 Å². The second-order valence-corrected chi connectivity index (χ2v) is 4.52. The molecule has 1 aromatic rings. The first kappa shape index (κ1) is 18.8. The monoisotopic (exact) mass is 343 g/mol. The number of Topliss-reactive ketones (excluding diaryl/α,β-unsaturated/α-hetero) is 1. The molecule has 0 spiro atoms. The topological polar surface area (TPSA) is 55.4 Å². The molecule has 0 radical (unpaired) electrons. The molecule has 128 valence electrons. The van der Waals surface area contributed by atoms with E-state index in [4.69, 9.17) is 0 Å². The number of carbonyl (C=O) groups is 2. The normalized spacial score (nSPS) is 13.4. The van der Waals surface area contributed by atoms with Crippen LogP contribution in [0.4, 0.5) is 31.1 Å². The van der Waals surface area contributed by atoms with Crippen molar-refractivity contribution in [1.29, 1.82) is 0 Å². The molecule has 0 bridgehead atoms. The van der Waals surface area contributed by atoms with Gasteiger partial charge in [0.2, 0.25) is 0 Å². The van der Waals surface area contributed by atoms with Gasteiger partial charge in [0.15, 0.2) is 5.78 Å². The van der Waals surface area contributed by atoms with Crippen LogP contribution in [-0.2, 0) is 17.1 Å². The van der Waals surface area contributed by atoms with Gasteiger partial charge in [0.1, 0.15) is 0 Å². The predicted molar refractivity (Wildman–Crippen MR) is 65.8 cm³/mol. The van der Waals surface area contributed by atoms with Crippen molar-refractivity contribution in [3.63, 3.8) is 0 Å². The summed E-state index contributed by atoms with van der Waals surface area (Å²) in [5, 5.41) is 1.97. The molecule has 0 aliphatic carbocycles. The molecule has 0 aromatic heterocycles. The first-order valence-corrected chi connectivity index (χ1v) is 6.04. The minimum Gasteiger partial charge on any atom is -0.453 e. The fraction of sp³-hybridized carbons (Fsp3) is 0.385. The van der Waals surface area contributed by atoms with E-state index in [1.165, 1.54) is 0 Å². The maximum absolute atomic E-state index is 12.7. The molecule has 0 fully saturated rings. The lowest BCUT2D eigenvalue weighted by Crippen LogP contribution is -2.38. The molecule has 0 saturated heterocycles. The van der Waals surface area contributed by atoms with Gasteiger partial charge in [-0.3, -0.25) is 4.79 Å². The molecule has 1 aromatic carbocycles. The molecule has 0 heterocycles. The molecule has 0 aliphatic rings. The number of ether oxygens (including phenoxy) is 1. The number of methoxy groups -OCH3 is 1. The summed E-state index contributed by atoms with van der Waals surface area (Å²) in [5.41, 5.74) is -4.04. The van der Waals surface area contributed by atoms with Gasteiger partial charge >= 0.3 is 18.4 Å². The fourth-order valence-corrected chi connectivity index (χ4v) is 1.65. The van der Waals surface area contributed by atoms with Crippen LogP contribution in [0.25, 0.3) is 0 Å². The molecule has 1 rings (SSSR count). The quantitative estimate of drug-likeness (QED) is 0.673. The lowest BCUT2D eigenvalue weighted by molar-refractivity contribution is -0.143. The van der Waals surface area contributed by atoms with E-state index in [1.54, 1.807) is 0 Å².